The molecule has 0 heterocycles. The molecule has 1 aromatic rings. The van der Waals surface area contributed by atoms with Crippen LogP contribution >= 0.6 is 15.9 Å². The van der Waals surface area contributed by atoms with Crippen molar-refractivity contribution in [2.75, 3.05) is 0 Å². The summed E-state index contributed by atoms with van der Waals surface area (Å²) in [7, 11) is -4.69. The molecule has 0 aliphatic carbocycles. The number of rotatable bonds is 4. The maximum Gasteiger partial charge on any atom is 0.418 e. The number of aryl methyl sites for hydroxylation is 1. The highest BCUT2D eigenvalue weighted by Crippen LogP contribution is 2.33. The van der Waals surface area contributed by atoms with Gasteiger partial charge in [0.25, 0.3) is 0 Å². The summed E-state index contributed by atoms with van der Waals surface area (Å²) in [4.78, 5) is 10.4. The van der Waals surface area contributed by atoms with Gasteiger partial charge in [0.15, 0.2) is 0 Å². The molecule has 2 N–H and O–H groups in total. The van der Waals surface area contributed by atoms with Gasteiger partial charge in [0, 0.05) is 4.47 Å². The number of aliphatic carboxylic acids is 1. The van der Waals surface area contributed by atoms with Gasteiger partial charge in [-0.15, -0.1) is 0 Å². The van der Waals surface area contributed by atoms with Gasteiger partial charge in [-0.3, -0.25) is 0 Å². The molecule has 1 unspecified atom stereocenters. The molecule has 0 saturated heterocycles. The number of halogens is 4. The molecule has 0 spiro atoms. The van der Waals surface area contributed by atoms with Gasteiger partial charge in [-0.05, 0) is 47.5 Å². The fourth-order valence-electron chi connectivity index (χ4n) is 1.37. The smallest absolute Gasteiger partial charge is 0.418 e. The minimum Gasteiger partial charge on any atom is -0.480 e. The zero-order valence-corrected chi connectivity index (χ0v) is 13.2. The molecular formula is C11H11BrF3NO4S. The molecular weight excluding hydrogens is 379 g/mol. The van der Waals surface area contributed by atoms with Crippen LogP contribution in [-0.2, 0) is 14.8 Å². The Morgan fingerprint density at radius 1 is 1.33 bits per heavy atom. The molecule has 0 radical (unpaired) electrons. The fraction of sp³-hybridized carbons (Fsp3) is 0.364. The predicted octanol–water partition coefficient (Wildman–Crippen LogP) is 2.44. The van der Waals surface area contributed by atoms with E-state index in [0.29, 0.717) is 5.56 Å². The summed E-state index contributed by atoms with van der Waals surface area (Å²) in [6.45, 7) is 1.90. The normalized spacial score (nSPS) is 15.5. The Morgan fingerprint density at radius 2 is 1.86 bits per heavy atom. The van der Waals surface area contributed by atoms with E-state index in [9.17, 15) is 26.4 Å². The first-order valence-electron chi connectivity index (χ1n) is 5.41. The summed E-state index contributed by atoms with van der Waals surface area (Å²) < 4.78 is 63.8. The number of alkyl halides is 3. The van der Waals surface area contributed by atoms with Gasteiger partial charge >= 0.3 is 12.1 Å². The molecule has 10 heteroatoms. The molecule has 118 valence electrons. The third-order valence-corrected chi connectivity index (χ3v) is 5.24. The highest BCUT2D eigenvalue weighted by Gasteiger charge is 2.59. The Balaban J connectivity index is 3.35. The van der Waals surface area contributed by atoms with Crippen LogP contribution in [0.3, 0.4) is 0 Å². The van der Waals surface area contributed by atoms with E-state index in [1.54, 1.807) is 6.92 Å². The highest BCUT2D eigenvalue weighted by atomic mass is 79.9. The van der Waals surface area contributed by atoms with Crippen molar-refractivity contribution in [1.82, 2.24) is 4.72 Å². The number of hydrogen-bond acceptors (Lipinski definition) is 3. The van der Waals surface area contributed by atoms with Crippen molar-refractivity contribution in [3.05, 3.63) is 28.2 Å². The standard InChI is InChI=1S/C11H11BrF3NO4S/c1-6-3-4-8(7(12)5-6)21(19,20)16-10(2,9(17)18)11(13,14)15/h3-5,16H,1-2H3,(H,17,18). The van der Waals surface area contributed by atoms with Crippen LogP contribution in [0.25, 0.3) is 0 Å². The molecule has 0 aliphatic heterocycles. The molecule has 1 rings (SSSR count). The lowest BCUT2D eigenvalue weighted by Gasteiger charge is -2.28. The lowest BCUT2D eigenvalue weighted by Crippen LogP contribution is -2.61. The summed E-state index contributed by atoms with van der Waals surface area (Å²) >= 11 is 2.93. The largest absolute Gasteiger partial charge is 0.480 e. The van der Waals surface area contributed by atoms with E-state index in [1.807, 2.05) is 0 Å². The van der Waals surface area contributed by atoms with E-state index in [-0.39, 0.29) is 11.4 Å². The van der Waals surface area contributed by atoms with Crippen LogP contribution in [-0.4, -0.2) is 31.2 Å². The van der Waals surface area contributed by atoms with E-state index < -0.39 is 32.6 Å². The second kappa shape index (κ2) is 5.58. The zero-order valence-electron chi connectivity index (χ0n) is 10.8. The number of carbonyl (C=O) groups is 1. The lowest BCUT2D eigenvalue weighted by molar-refractivity contribution is -0.201. The SMILES string of the molecule is Cc1ccc(S(=O)(=O)NC(C)(C(=O)O)C(F)(F)F)c(Br)c1. The second-order valence-corrected chi connectivity index (χ2v) is 6.97. The van der Waals surface area contributed by atoms with Crippen LogP contribution in [0.1, 0.15) is 12.5 Å². The topological polar surface area (TPSA) is 83.5 Å². The van der Waals surface area contributed by atoms with Crippen molar-refractivity contribution in [3.63, 3.8) is 0 Å². The van der Waals surface area contributed by atoms with Crippen molar-refractivity contribution in [3.8, 4) is 0 Å². The average molecular weight is 390 g/mol. The summed E-state index contributed by atoms with van der Waals surface area (Å²) in [5.41, 5.74) is -2.95. The molecule has 0 saturated carbocycles. The van der Waals surface area contributed by atoms with Gasteiger partial charge in [-0.25, -0.2) is 13.2 Å². The van der Waals surface area contributed by atoms with Gasteiger partial charge in [0.05, 0.1) is 4.90 Å². The molecule has 0 aromatic heterocycles. The highest BCUT2D eigenvalue weighted by molar-refractivity contribution is 9.10. The first-order chi connectivity index (χ1) is 9.31. The maximum atomic E-state index is 12.8. The molecule has 1 aromatic carbocycles. The van der Waals surface area contributed by atoms with Crippen LogP contribution < -0.4 is 4.72 Å². The van der Waals surface area contributed by atoms with E-state index >= 15 is 0 Å². The Morgan fingerprint density at radius 3 is 2.24 bits per heavy atom. The Kier molecular flexibility index (Phi) is 4.76. The van der Waals surface area contributed by atoms with Crippen molar-refractivity contribution < 1.29 is 31.5 Å². The van der Waals surface area contributed by atoms with E-state index in [2.05, 4.69) is 15.9 Å². The quantitative estimate of drug-likeness (QED) is 0.828. The van der Waals surface area contributed by atoms with Crippen LogP contribution in [0.5, 0.6) is 0 Å². The van der Waals surface area contributed by atoms with Crippen molar-refractivity contribution >= 4 is 31.9 Å². The van der Waals surface area contributed by atoms with Crippen LogP contribution in [0, 0.1) is 6.92 Å². The lowest BCUT2D eigenvalue weighted by atomic mass is 10.0. The average Bonchev–Trinajstić information content (AvgIpc) is 2.25. The molecule has 0 aliphatic rings. The molecule has 0 bridgehead atoms. The van der Waals surface area contributed by atoms with Crippen molar-refractivity contribution in [1.29, 1.82) is 0 Å². The Bertz CT molecular complexity index is 675. The first-order valence-corrected chi connectivity index (χ1v) is 7.69. The number of benzene rings is 1. The van der Waals surface area contributed by atoms with Crippen molar-refractivity contribution in [2.24, 2.45) is 0 Å². The Hall–Kier alpha value is -1.13. The third kappa shape index (κ3) is 3.55. The number of hydrogen-bond donors (Lipinski definition) is 2. The summed E-state index contributed by atoms with van der Waals surface area (Å²) in [5, 5.41) is 8.73. The Labute approximate surface area is 127 Å². The van der Waals surface area contributed by atoms with Gasteiger partial charge in [0.1, 0.15) is 0 Å². The predicted molar refractivity (Wildman–Crippen MR) is 71.3 cm³/mol. The minimum absolute atomic E-state index is 0.0323. The van der Waals surface area contributed by atoms with Crippen LogP contribution in [0.4, 0.5) is 13.2 Å². The number of carboxylic acids is 1. The molecule has 0 fully saturated rings. The molecule has 1 atom stereocenters. The first kappa shape index (κ1) is 17.9. The van der Waals surface area contributed by atoms with E-state index in [1.165, 1.54) is 16.9 Å². The van der Waals surface area contributed by atoms with Gasteiger partial charge in [0.2, 0.25) is 15.6 Å². The van der Waals surface area contributed by atoms with Gasteiger partial charge in [-0.1, -0.05) is 6.07 Å². The van der Waals surface area contributed by atoms with E-state index in [4.69, 9.17) is 5.11 Å². The van der Waals surface area contributed by atoms with Crippen LogP contribution in [0.15, 0.2) is 27.6 Å². The molecule has 21 heavy (non-hydrogen) atoms. The minimum atomic E-state index is -5.30. The van der Waals surface area contributed by atoms with Gasteiger partial charge < -0.3 is 5.11 Å². The number of carboxylic acid groups (broad SMARTS) is 1. The summed E-state index contributed by atoms with van der Waals surface area (Å²) in [6.07, 6.45) is -5.30. The summed E-state index contributed by atoms with van der Waals surface area (Å²) in [5.74, 6) is -2.35. The monoisotopic (exact) mass is 389 g/mol. The zero-order chi connectivity index (χ0) is 16.6. The maximum absolute atomic E-state index is 12.8. The molecule has 5 nitrogen and oxygen atoms in total. The fourth-order valence-corrected chi connectivity index (χ4v) is 3.92. The summed E-state index contributed by atoms with van der Waals surface area (Å²) in [6, 6.07) is 3.85. The number of nitrogens with one attached hydrogen (secondary N) is 1. The second-order valence-electron chi connectivity index (χ2n) is 4.47. The number of sulfonamides is 1. The van der Waals surface area contributed by atoms with Gasteiger partial charge in [-0.2, -0.15) is 17.9 Å². The molecule has 0 amide bonds. The van der Waals surface area contributed by atoms with Crippen LogP contribution in [0.2, 0.25) is 0 Å². The van der Waals surface area contributed by atoms with Crippen molar-refractivity contribution in [2.45, 2.75) is 30.5 Å². The third-order valence-electron chi connectivity index (χ3n) is 2.71. The van der Waals surface area contributed by atoms with E-state index in [0.717, 1.165) is 6.07 Å².